The second-order valence-corrected chi connectivity index (χ2v) is 7.37. The van der Waals surface area contributed by atoms with Crippen molar-refractivity contribution in [2.75, 3.05) is 13.2 Å². The Morgan fingerprint density at radius 1 is 0.923 bits per heavy atom. The second-order valence-electron chi connectivity index (χ2n) is 5.38. The van der Waals surface area contributed by atoms with Crippen LogP contribution in [0.25, 0.3) is 11.4 Å². The molecule has 0 saturated heterocycles. The molecule has 0 unspecified atom stereocenters. The first-order chi connectivity index (χ1) is 12.6. The van der Waals surface area contributed by atoms with Gasteiger partial charge in [0.2, 0.25) is 0 Å². The van der Waals surface area contributed by atoms with Gasteiger partial charge in [-0.25, -0.2) is 0 Å². The fraction of sp³-hybridized carbons (Fsp3) is 0.190. The maximum atomic E-state index is 13.2. The molecule has 0 N–H and O–H groups in total. The SMILES string of the molecule is CCOP(=O)(OCC)C(=CC(=O)C=Cc1ccccc1)c1ccccc1. The topological polar surface area (TPSA) is 52.6 Å². The van der Waals surface area contributed by atoms with Crippen LogP contribution in [0.4, 0.5) is 0 Å². The van der Waals surface area contributed by atoms with Gasteiger partial charge in [-0.15, -0.1) is 0 Å². The van der Waals surface area contributed by atoms with Crippen LogP contribution in [0.3, 0.4) is 0 Å². The van der Waals surface area contributed by atoms with Crippen LogP contribution in [-0.4, -0.2) is 19.0 Å². The molecule has 0 amide bonds. The van der Waals surface area contributed by atoms with E-state index in [-0.39, 0.29) is 24.3 Å². The molecule has 0 radical (unpaired) electrons. The highest BCUT2D eigenvalue weighted by Crippen LogP contribution is 2.60. The molecule has 0 aliphatic heterocycles. The third kappa shape index (κ3) is 5.63. The Morgan fingerprint density at radius 2 is 1.46 bits per heavy atom. The van der Waals surface area contributed by atoms with Gasteiger partial charge in [0.05, 0.1) is 18.5 Å². The molecule has 2 rings (SSSR count). The summed E-state index contributed by atoms with van der Waals surface area (Å²) in [7, 11) is -3.59. The Bertz CT molecular complexity index is 800. The van der Waals surface area contributed by atoms with Gasteiger partial charge in [-0.1, -0.05) is 66.7 Å². The van der Waals surface area contributed by atoms with Crippen LogP contribution in [0.2, 0.25) is 0 Å². The molecular formula is C21H23O4P. The molecule has 0 aliphatic rings. The molecule has 2 aromatic rings. The van der Waals surface area contributed by atoms with E-state index in [0.717, 1.165) is 5.56 Å². The van der Waals surface area contributed by atoms with Gasteiger partial charge < -0.3 is 9.05 Å². The van der Waals surface area contributed by atoms with E-state index in [2.05, 4.69) is 0 Å². The average Bonchev–Trinajstić information content (AvgIpc) is 2.66. The van der Waals surface area contributed by atoms with Crippen LogP contribution in [0, 0.1) is 0 Å². The second kappa shape index (κ2) is 10.0. The van der Waals surface area contributed by atoms with Gasteiger partial charge >= 0.3 is 7.60 Å². The highest BCUT2D eigenvalue weighted by molar-refractivity contribution is 7.65. The zero-order valence-electron chi connectivity index (χ0n) is 15.0. The summed E-state index contributed by atoms with van der Waals surface area (Å²) >= 11 is 0. The summed E-state index contributed by atoms with van der Waals surface area (Å²) in [6.45, 7) is 3.92. The first-order valence-corrected chi connectivity index (χ1v) is 10.1. The zero-order valence-corrected chi connectivity index (χ0v) is 15.9. The van der Waals surface area contributed by atoms with Crippen LogP contribution >= 0.6 is 7.60 Å². The van der Waals surface area contributed by atoms with Crippen LogP contribution < -0.4 is 0 Å². The van der Waals surface area contributed by atoms with Crippen LogP contribution in [-0.2, 0) is 18.4 Å². The predicted octanol–water partition coefficient (Wildman–Crippen LogP) is 5.58. The van der Waals surface area contributed by atoms with Crippen molar-refractivity contribution in [2.45, 2.75) is 13.8 Å². The molecular weight excluding hydrogens is 347 g/mol. The average molecular weight is 370 g/mol. The first-order valence-electron chi connectivity index (χ1n) is 8.53. The summed E-state index contributed by atoms with van der Waals surface area (Å²) in [6.07, 6.45) is 4.50. The van der Waals surface area contributed by atoms with Crippen molar-refractivity contribution >= 4 is 24.8 Å². The highest BCUT2D eigenvalue weighted by Gasteiger charge is 2.31. The molecule has 0 heterocycles. The van der Waals surface area contributed by atoms with E-state index in [9.17, 15) is 9.36 Å². The Hall–Kier alpha value is -2.26. The summed E-state index contributed by atoms with van der Waals surface area (Å²) < 4.78 is 24.1. The third-order valence-electron chi connectivity index (χ3n) is 3.48. The third-order valence-corrected chi connectivity index (χ3v) is 5.65. The van der Waals surface area contributed by atoms with E-state index in [4.69, 9.17) is 9.05 Å². The molecule has 4 nitrogen and oxygen atoms in total. The van der Waals surface area contributed by atoms with Crippen LogP contribution in [0.1, 0.15) is 25.0 Å². The molecule has 136 valence electrons. The van der Waals surface area contributed by atoms with E-state index in [1.165, 1.54) is 12.2 Å². The van der Waals surface area contributed by atoms with Crippen LogP contribution in [0.15, 0.2) is 72.8 Å². The first kappa shape index (κ1) is 20.1. The molecule has 5 heteroatoms. The summed E-state index contributed by atoms with van der Waals surface area (Å²) in [4.78, 5) is 12.5. The van der Waals surface area contributed by atoms with Gasteiger partial charge in [0.1, 0.15) is 0 Å². The molecule has 0 fully saturated rings. The van der Waals surface area contributed by atoms with E-state index >= 15 is 0 Å². The number of hydrogen-bond acceptors (Lipinski definition) is 4. The lowest BCUT2D eigenvalue weighted by atomic mass is 10.1. The largest absolute Gasteiger partial charge is 0.362 e. The molecule has 26 heavy (non-hydrogen) atoms. The highest BCUT2D eigenvalue weighted by atomic mass is 31.2. The number of allylic oxidation sites excluding steroid dienone is 2. The van der Waals surface area contributed by atoms with Crippen molar-refractivity contribution in [1.29, 1.82) is 0 Å². The van der Waals surface area contributed by atoms with Gasteiger partial charge in [-0.2, -0.15) is 0 Å². The Kier molecular flexibility index (Phi) is 7.73. The predicted molar refractivity (Wildman–Crippen MR) is 106 cm³/mol. The molecule has 0 saturated carbocycles. The Balaban J connectivity index is 2.39. The van der Waals surface area contributed by atoms with E-state index in [0.29, 0.717) is 5.56 Å². The van der Waals surface area contributed by atoms with Crippen molar-refractivity contribution in [3.63, 3.8) is 0 Å². The normalized spacial score (nSPS) is 12.5. The minimum Gasteiger partial charge on any atom is -0.305 e. The number of hydrogen-bond donors (Lipinski definition) is 0. The van der Waals surface area contributed by atoms with Crippen molar-refractivity contribution < 1.29 is 18.4 Å². The van der Waals surface area contributed by atoms with Crippen molar-refractivity contribution in [2.24, 2.45) is 0 Å². The van der Waals surface area contributed by atoms with Gasteiger partial charge in [-0.3, -0.25) is 9.36 Å². The summed E-state index contributed by atoms with van der Waals surface area (Å²) in [5.41, 5.74) is 1.55. The smallest absolute Gasteiger partial charge is 0.305 e. The van der Waals surface area contributed by atoms with Crippen molar-refractivity contribution in [3.05, 3.63) is 83.9 Å². The van der Waals surface area contributed by atoms with Gasteiger partial charge in [0.25, 0.3) is 0 Å². The lowest BCUT2D eigenvalue weighted by Crippen LogP contribution is -2.01. The summed E-state index contributed by atoms with van der Waals surface area (Å²) in [6, 6.07) is 18.5. The quantitative estimate of drug-likeness (QED) is 0.427. The van der Waals surface area contributed by atoms with E-state index < -0.39 is 7.60 Å². The minimum absolute atomic E-state index is 0.218. The Labute approximate surface area is 154 Å². The molecule has 0 spiro atoms. The monoisotopic (exact) mass is 370 g/mol. The summed E-state index contributed by atoms with van der Waals surface area (Å²) in [5.74, 6) is -0.285. The van der Waals surface area contributed by atoms with Crippen LogP contribution in [0.5, 0.6) is 0 Å². The molecule has 0 aromatic heterocycles. The maximum absolute atomic E-state index is 13.2. The number of carbonyl (C=O) groups excluding carboxylic acids is 1. The Morgan fingerprint density at radius 3 is 2.00 bits per heavy atom. The molecule has 2 aromatic carbocycles. The number of benzene rings is 2. The zero-order chi connectivity index (χ0) is 18.8. The van der Waals surface area contributed by atoms with Gasteiger partial charge in [0.15, 0.2) is 5.78 Å². The number of ketones is 1. The van der Waals surface area contributed by atoms with Gasteiger partial charge in [0, 0.05) is 6.08 Å². The standard InChI is InChI=1S/C21H23O4P/c1-3-24-26(23,25-4-2)21(19-13-9-6-10-14-19)17-20(22)16-15-18-11-7-5-8-12-18/h5-17H,3-4H2,1-2H3. The lowest BCUT2D eigenvalue weighted by molar-refractivity contribution is -0.110. The lowest BCUT2D eigenvalue weighted by Gasteiger charge is -2.20. The fourth-order valence-corrected chi connectivity index (χ4v) is 4.15. The minimum atomic E-state index is -3.59. The maximum Gasteiger partial charge on any atom is 0.362 e. The van der Waals surface area contributed by atoms with E-state index in [1.54, 1.807) is 32.1 Å². The summed E-state index contributed by atoms with van der Waals surface area (Å²) in [5, 5.41) is 0.268. The fourth-order valence-electron chi connectivity index (χ4n) is 2.37. The van der Waals surface area contributed by atoms with Gasteiger partial charge in [-0.05, 0) is 31.1 Å². The van der Waals surface area contributed by atoms with E-state index in [1.807, 2.05) is 48.5 Å². The molecule has 0 aliphatic carbocycles. The van der Waals surface area contributed by atoms with Crippen molar-refractivity contribution in [1.82, 2.24) is 0 Å². The van der Waals surface area contributed by atoms with Crippen molar-refractivity contribution in [3.8, 4) is 0 Å². The number of rotatable bonds is 9. The number of carbonyl (C=O) groups is 1. The molecule has 0 bridgehead atoms. The molecule has 0 atom stereocenters.